The van der Waals surface area contributed by atoms with Crippen molar-refractivity contribution in [3.63, 3.8) is 0 Å². The highest BCUT2D eigenvalue weighted by Crippen LogP contribution is 1.98. The van der Waals surface area contributed by atoms with Gasteiger partial charge in [-0.1, -0.05) is 6.58 Å². The molecule has 11 heavy (non-hydrogen) atoms. The minimum absolute atomic E-state index is 0.835. The van der Waals surface area contributed by atoms with Crippen LogP contribution in [0.4, 0.5) is 0 Å². The highest BCUT2D eigenvalue weighted by atomic mass is 16.5. The number of ether oxygens (including phenoxy) is 1. The van der Waals surface area contributed by atoms with E-state index in [1.54, 1.807) is 7.11 Å². The first-order valence-corrected chi connectivity index (χ1v) is 3.49. The summed E-state index contributed by atoms with van der Waals surface area (Å²) in [6.07, 6.45) is 5.61. The summed E-state index contributed by atoms with van der Waals surface area (Å²) in [5, 5.41) is 2.90. The number of allylic oxidation sites excluding steroid dienone is 3. The van der Waals surface area contributed by atoms with Crippen LogP contribution in [0.3, 0.4) is 0 Å². The molecule has 0 unspecified atom stereocenters. The Bertz CT molecular complexity index is 180. The van der Waals surface area contributed by atoms with E-state index in [1.165, 1.54) is 0 Å². The van der Waals surface area contributed by atoms with Crippen LogP contribution in [-0.2, 0) is 4.74 Å². The third-order valence-electron chi connectivity index (χ3n) is 1.29. The lowest BCUT2D eigenvalue weighted by molar-refractivity contribution is 0.306. The quantitative estimate of drug-likeness (QED) is 0.491. The van der Waals surface area contributed by atoms with Gasteiger partial charge in [0.1, 0.15) is 5.76 Å². The van der Waals surface area contributed by atoms with Crippen molar-refractivity contribution in [1.29, 1.82) is 0 Å². The molecule has 62 valence electrons. The molecule has 0 spiro atoms. The molecule has 0 aromatic heterocycles. The van der Waals surface area contributed by atoms with E-state index in [0.29, 0.717) is 0 Å². The Balaban J connectivity index is 4.00. The van der Waals surface area contributed by atoms with Gasteiger partial charge in [-0.3, -0.25) is 0 Å². The fraction of sp³-hybridized carbons (Fsp3) is 0.333. The second-order valence-corrected chi connectivity index (χ2v) is 2.00. The molecule has 0 fully saturated rings. The minimum atomic E-state index is 0.835. The Morgan fingerprint density at radius 1 is 1.45 bits per heavy atom. The monoisotopic (exact) mass is 153 g/mol. The van der Waals surface area contributed by atoms with E-state index in [9.17, 15) is 0 Å². The van der Waals surface area contributed by atoms with Crippen molar-refractivity contribution in [2.75, 3.05) is 14.2 Å². The van der Waals surface area contributed by atoms with Gasteiger partial charge < -0.3 is 10.1 Å². The summed E-state index contributed by atoms with van der Waals surface area (Å²) in [6, 6.07) is 0. The van der Waals surface area contributed by atoms with Gasteiger partial charge in [0.15, 0.2) is 0 Å². The number of likely N-dealkylation sites (N-methyl/N-ethyl adjacent to an activating group) is 1. The molecule has 2 nitrogen and oxygen atoms in total. The van der Waals surface area contributed by atoms with Gasteiger partial charge in [0, 0.05) is 12.7 Å². The molecule has 0 saturated heterocycles. The van der Waals surface area contributed by atoms with Crippen LogP contribution in [0.15, 0.2) is 36.3 Å². The largest absolute Gasteiger partial charge is 0.497 e. The second kappa shape index (κ2) is 5.59. The predicted molar refractivity (Wildman–Crippen MR) is 48.1 cm³/mol. The maximum Gasteiger partial charge on any atom is 0.114 e. The third kappa shape index (κ3) is 4.25. The average molecular weight is 153 g/mol. The van der Waals surface area contributed by atoms with E-state index >= 15 is 0 Å². The van der Waals surface area contributed by atoms with E-state index in [1.807, 2.05) is 32.2 Å². The first kappa shape index (κ1) is 9.82. The van der Waals surface area contributed by atoms with Gasteiger partial charge in [0.25, 0.3) is 0 Å². The molecule has 0 saturated carbocycles. The maximum absolute atomic E-state index is 5.00. The van der Waals surface area contributed by atoms with Crippen LogP contribution in [0.2, 0.25) is 0 Å². The van der Waals surface area contributed by atoms with Gasteiger partial charge in [0.2, 0.25) is 0 Å². The van der Waals surface area contributed by atoms with Crippen molar-refractivity contribution in [1.82, 2.24) is 5.32 Å². The molecule has 0 aliphatic rings. The molecule has 0 heterocycles. The number of nitrogens with one attached hydrogen (secondary N) is 1. The van der Waals surface area contributed by atoms with Gasteiger partial charge in [-0.05, 0) is 25.2 Å². The smallest absolute Gasteiger partial charge is 0.114 e. The Labute approximate surface area is 68.3 Å². The topological polar surface area (TPSA) is 21.3 Å². The summed E-state index contributed by atoms with van der Waals surface area (Å²) in [5.74, 6) is 0.835. The Morgan fingerprint density at radius 2 is 2.09 bits per heavy atom. The predicted octanol–water partition coefficient (Wildman–Crippen LogP) is 1.83. The number of rotatable bonds is 4. The van der Waals surface area contributed by atoms with E-state index in [-0.39, 0.29) is 0 Å². The Hall–Kier alpha value is -1.18. The summed E-state index contributed by atoms with van der Waals surface area (Å²) in [5.41, 5.74) is 0.862. The zero-order valence-corrected chi connectivity index (χ0v) is 7.35. The highest BCUT2D eigenvalue weighted by molar-refractivity contribution is 5.20. The van der Waals surface area contributed by atoms with Crippen LogP contribution in [0.5, 0.6) is 0 Å². The van der Waals surface area contributed by atoms with E-state index < -0.39 is 0 Å². The molecular formula is C9H15NO. The van der Waals surface area contributed by atoms with E-state index in [4.69, 9.17) is 4.74 Å². The zero-order chi connectivity index (χ0) is 8.69. The first-order chi connectivity index (χ1) is 5.24. The molecule has 0 aliphatic carbocycles. The number of methoxy groups -OCH3 is 1. The van der Waals surface area contributed by atoms with Crippen molar-refractivity contribution in [2.24, 2.45) is 0 Å². The van der Waals surface area contributed by atoms with E-state index in [0.717, 1.165) is 11.5 Å². The zero-order valence-electron chi connectivity index (χ0n) is 7.35. The van der Waals surface area contributed by atoms with E-state index in [2.05, 4.69) is 11.9 Å². The lowest BCUT2D eigenvalue weighted by Crippen LogP contribution is -2.00. The molecule has 0 aliphatic heterocycles. The third-order valence-corrected chi connectivity index (χ3v) is 1.29. The molecular weight excluding hydrogens is 138 g/mol. The van der Waals surface area contributed by atoms with Crippen LogP contribution >= 0.6 is 0 Å². The van der Waals surface area contributed by atoms with Gasteiger partial charge in [-0.25, -0.2) is 0 Å². The maximum atomic E-state index is 5.00. The lowest BCUT2D eigenvalue weighted by atomic mass is 10.3. The molecule has 0 atom stereocenters. The van der Waals surface area contributed by atoms with Crippen LogP contribution in [0, 0.1) is 0 Å². The molecule has 0 aromatic carbocycles. The lowest BCUT2D eigenvalue weighted by Gasteiger charge is -1.99. The number of hydrogen-bond donors (Lipinski definition) is 1. The highest BCUT2D eigenvalue weighted by Gasteiger charge is 1.85. The summed E-state index contributed by atoms with van der Waals surface area (Å²) in [6.45, 7) is 5.65. The fourth-order valence-corrected chi connectivity index (χ4v) is 0.548. The molecule has 0 aromatic rings. The summed E-state index contributed by atoms with van der Waals surface area (Å²) >= 11 is 0. The Kier molecular flexibility index (Phi) is 4.99. The first-order valence-electron chi connectivity index (χ1n) is 3.49. The molecule has 1 N–H and O–H groups in total. The van der Waals surface area contributed by atoms with Gasteiger partial charge in [0.05, 0.1) is 7.11 Å². The summed E-state index contributed by atoms with van der Waals surface area (Å²) in [4.78, 5) is 0. The van der Waals surface area contributed by atoms with Gasteiger partial charge in [-0.2, -0.15) is 0 Å². The van der Waals surface area contributed by atoms with Crippen LogP contribution in [-0.4, -0.2) is 14.2 Å². The second-order valence-electron chi connectivity index (χ2n) is 2.00. The van der Waals surface area contributed by atoms with Crippen molar-refractivity contribution in [3.8, 4) is 0 Å². The van der Waals surface area contributed by atoms with Crippen molar-refractivity contribution in [3.05, 3.63) is 36.3 Å². The van der Waals surface area contributed by atoms with Crippen LogP contribution < -0.4 is 5.32 Å². The van der Waals surface area contributed by atoms with Crippen LogP contribution in [0.25, 0.3) is 0 Å². The summed E-state index contributed by atoms with van der Waals surface area (Å²) < 4.78 is 5.00. The average Bonchev–Trinajstić information content (AvgIpc) is 2.06. The molecule has 2 heteroatoms. The molecule has 0 radical (unpaired) electrons. The van der Waals surface area contributed by atoms with Crippen molar-refractivity contribution in [2.45, 2.75) is 6.92 Å². The standard InChI is InChI=1S/C9H15NO/c1-5-9(11-4)7-6-8(2)10-3/h5-7,10H,2H2,1,3-4H3/b7-6-,9-5+. The van der Waals surface area contributed by atoms with Crippen molar-refractivity contribution < 1.29 is 4.74 Å². The minimum Gasteiger partial charge on any atom is -0.497 e. The Morgan fingerprint density at radius 3 is 2.45 bits per heavy atom. The molecule has 0 bridgehead atoms. The number of hydrogen-bond acceptors (Lipinski definition) is 2. The molecule has 0 amide bonds. The normalized spacial score (nSPS) is 11.7. The SMILES string of the molecule is C=C(/C=C\C(=C/C)OC)NC. The van der Waals surface area contributed by atoms with Gasteiger partial charge >= 0.3 is 0 Å². The fourth-order valence-electron chi connectivity index (χ4n) is 0.548. The summed E-state index contributed by atoms with van der Waals surface area (Å²) in [7, 11) is 3.47. The molecule has 0 rings (SSSR count). The van der Waals surface area contributed by atoms with Crippen LogP contribution in [0.1, 0.15) is 6.92 Å². The van der Waals surface area contributed by atoms with Gasteiger partial charge in [-0.15, -0.1) is 0 Å². The van der Waals surface area contributed by atoms with Crippen molar-refractivity contribution >= 4 is 0 Å².